The molecule has 0 bridgehead atoms. The van der Waals surface area contributed by atoms with E-state index in [1.165, 1.54) is 89.9 Å². The summed E-state index contributed by atoms with van der Waals surface area (Å²) in [5.41, 5.74) is 0. The zero-order chi connectivity index (χ0) is 45.7. The summed E-state index contributed by atoms with van der Waals surface area (Å²) >= 11 is 0. The van der Waals surface area contributed by atoms with Gasteiger partial charge in [0, 0.05) is 6.42 Å². The number of nitrogens with one attached hydrogen (secondary N) is 1. The van der Waals surface area contributed by atoms with E-state index in [1.807, 2.05) is 27.2 Å². The molecule has 0 heterocycles. The van der Waals surface area contributed by atoms with Crippen molar-refractivity contribution in [3.63, 3.8) is 0 Å². The highest BCUT2D eigenvalue weighted by Gasteiger charge is 2.23. The van der Waals surface area contributed by atoms with Crippen molar-refractivity contribution in [3.05, 3.63) is 97.2 Å². The van der Waals surface area contributed by atoms with Gasteiger partial charge in [-0.3, -0.25) is 9.36 Å². The summed E-state index contributed by atoms with van der Waals surface area (Å²) in [7, 11) is 1.18. The lowest BCUT2D eigenvalue weighted by atomic mass is 10.0. The SMILES string of the molecule is CC/C=C\C/C=C\C/C=C\C/C=C\C/C=C\CCCC(=O)NC(COP(=O)([O-])OCC[N+](C)(C)C)C(O)/C=C/CC/C=C/CC/C=C/CCCCCCCCCCCCCCC. The van der Waals surface area contributed by atoms with Crippen LogP contribution in [-0.2, 0) is 18.4 Å². The fourth-order valence-corrected chi connectivity index (χ4v) is 7.12. The van der Waals surface area contributed by atoms with E-state index in [2.05, 4.69) is 104 Å². The lowest BCUT2D eigenvalue weighted by molar-refractivity contribution is -0.870. The Kier molecular flexibility index (Phi) is 41.8. The van der Waals surface area contributed by atoms with Crippen molar-refractivity contribution in [3.8, 4) is 0 Å². The van der Waals surface area contributed by atoms with Gasteiger partial charge in [0.2, 0.25) is 5.91 Å². The quantitative estimate of drug-likeness (QED) is 0.0273. The maximum absolute atomic E-state index is 12.9. The van der Waals surface area contributed by atoms with Gasteiger partial charge in [0.25, 0.3) is 7.82 Å². The van der Waals surface area contributed by atoms with Gasteiger partial charge < -0.3 is 28.8 Å². The van der Waals surface area contributed by atoms with E-state index in [0.29, 0.717) is 23.9 Å². The Hall–Kier alpha value is -2.58. The third-order valence-electron chi connectivity index (χ3n) is 10.3. The summed E-state index contributed by atoms with van der Waals surface area (Å²) in [5, 5.41) is 13.7. The number of rotatable bonds is 43. The third-order valence-corrected chi connectivity index (χ3v) is 11.2. The summed E-state index contributed by atoms with van der Waals surface area (Å²) in [6, 6.07) is -0.946. The molecule has 0 aromatic rings. The molecule has 0 rings (SSSR count). The fraction of sp³-hybridized carbons (Fsp3) is 0.679. The molecule has 0 saturated carbocycles. The molecule has 0 fully saturated rings. The first-order valence-corrected chi connectivity index (χ1v) is 26.1. The molecule has 0 aliphatic rings. The molecule has 9 heteroatoms. The maximum Gasteiger partial charge on any atom is 0.268 e. The lowest BCUT2D eigenvalue weighted by Gasteiger charge is -2.29. The van der Waals surface area contributed by atoms with Gasteiger partial charge in [-0.15, -0.1) is 0 Å². The predicted molar refractivity (Wildman–Crippen MR) is 265 cm³/mol. The number of aliphatic hydroxyl groups is 1. The molecule has 1 amide bonds. The number of allylic oxidation sites excluding steroid dienone is 15. The number of aliphatic hydroxyl groups excluding tert-OH is 1. The van der Waals surface area contributed by atoms with E-state index in [4.69, 9.17) is 9.05 Å². The Morgan fingerprint density at radius 2 is 1.00 bits per heavy atom. The molecular formula is C53H93N2O6P. The number of phosphoric acid groups is 1. The van der Waals surface area contributed by atoms with Gasteiger partial charge in [-0.1, -0.05) is 188 Å². The Morgan fingerprint density at radius 1 is 0.581 bits per heavy atom. The zero-order valence-electron chi connectivity index (χ0n) is 40.3. The van der Waals surface area contributed by atoms with Crippen LogP contribution in [-0.4, -0.2) is 68.5 Å². The number of carbonyl (C=O) groups is 1. The lowest BCUT2D eigenvalue weighted by Crippen LogP contribution is -2.45. The molecule has 0 aliphatic carbocycles. The fourth-order valence-electron chi connectivity index (χ4n) is 6.40. The minimum Gasteiger partial charge on any atom is -0.756 e. The number of unbranched alkanes of at least 4 members (excludes halogenated alkanes) is 16. The molecular weight excluding hydrogens is 792 g/mol. The summed E-state index contributed by atoms with van der Waals surface area (Å²) < 4.78 is 23.2. The number of carbonyl (C=O) groups excluding carboxylic acids is 1. The van der Waals surface area contributed by atoms with Crippen LogP contribution in [0.3, 0.4) is 0 Å². The highest BCUT2D eigenvalue weighted by atomic mass is 31.2. The van der Waals surface area contributed by atoms with E-state index < -0.39 is 26.6 Å². The van der Waals surface area contributed by atoms with Crippen LogP contribution in [0.2, 0.25) is 0 Å². The largest absolute Gasteiger partial charge is 0.756 e. The summed E-state index contributed by atoms with van der Waals surface area (Å²) in [4.78, 5) is 25.3. The number of likely N-dealkylation sites (N-methyl/N-ethyl adjacent to an activating group) is 1. The molecule has 62 heavy (non-hydrogen) atoms. The van der Waals surface area contributed by atoms with Gasteiger partial charge in [-0.25, -0.2) is 0 Å². The van der Waals surface area contributed by atoms with Gasteiger partial charge in [0.05, 0.1) is 39.9 Å². The standard InChI is InChI=1S/C53H93N2O6P/c1-6-8-10-12-14-16-18-20-22-24-25-26-27-28-29-31-32-34-36-38-40-42-44-46-52(56)51(50-61-62(58,59)60-49-48-55(3,4)5)54-53(57)47-45-43-41-39-37-35-33-30-23-21-19-17-15-13-11-9-7-2/h9,11,15,17,21,23,29,31,33,35-36,38-39,41,44,46,51-52,56H,6-8,10,12-14,16,18-20,22,24-28,30,32,34,37,40,42-43,45,47-50H2,1-5H3,(H-,54,57,58,59)/b11-9-,17-15-,23-21-,31-29+,35-33-,38-36+,41-39-,46-44+. The Balaban J connectivity index is 4.52. The summed E-state index contributed by atoms with van der Waals surface area (Å²) in [6.45, 7) is 4.44. The van der Waals surface area contributed by atoms with Crippen molar-refractivity contribution in [2.75, 3.05) is 40.9 Å². The molecule has 8 nitrogen and oxygen atoms in total. The van der Waals surface area contributed by atoms with E-state index in [0.717, 1.165) is 57.8 Å². The van der Waals surface area contributed by atoms with Gasteiger partial charge in [-0.05, 0) is 83.5 Å². The summed E-state index contributed by atoms with van der Waals surface area (Å²) in [6.07, 6.45) is 62.0. The average molecular weight is 885 g/mol. The second kappa shape index (κ2) is 43.7. The van der Waals surface area contributed by atoms with Crippen LogP contribution in [0.25, 0.3) is 0 Å². The van der Waals surface area contributed by atoms with Crippen LogP contribution >= 0.6 is 7.82 Å². The Morgan fingerprint density at radius 3 is 1.50 bits per heavy atom. The average Bonchev–Trinajstić information content (AvgIpc) is 3.23. The number of nitrogens with zero attached hydrogens (tertiary/aromatic N) is 1. The van der Waals surface area contributed by atoms with Crippen molar-refractivity contribution in [2.45, 2.75) is 193 Å². The van der Waals surface area contributed by atoms with Crippen LogP contribution in [0.5, 0.6) is 0 Å². The number of hydrogen-bond acceptors (Lipinski definition) is 6. The van der Waals surface area contributed by atoms with Crippen molar-refractivity contribution in [1.29, 1.82) is 0 Å². The highest BCUT2D eigenvalue weighted by molar-refractivity contribution is 7.45. The van der Waals surface area contributed by atoms with Crippen molar-refractivity contribution < 1.29 is 32.9 Å². The molecule has 0 aromatic heterocycles. The molecule has 0 radical (unpaired) electrons. The first-order chi connectivity index (χ1) is 30.0. The zero-order valence-corrected chi connectivity index (χ0v) is 41.2. The van der Waals surface area contributed by atoms with E-state index in [-0.39, 0.29) is 18.9 Å². The van der Waals surface area contributed by atoms with Crippen molar-refractivity contribution in [1.82, 2.24) is 5.32 Å². The van der Waals surface area contributed by atoms with Gasteiger partial charge in [-0.2, -0.15) is 0 Å². The summed E-state index contributed by atoms with van der Waals surface area (Å²) in [5.74, 6) is -0.272. The number of phosphoric ester groups is 1. The van der Waals surface area contributed by atoms with E-state index in [9.17, 15) is 19.4 Å². The molecule has 0 aliphatic heterocycles. The first-order valence-electron chi connectivity index (χ1n) is 24.6. The normalized spacial score (nSPS) is 15.0. The van der Waals surface area contributed by atoms with Crippen LogP contribution in [0.1, 0.15) is 181 Å². The maximum atomic E-state index is 12.9. The third kappa shape index (κ3) is 45.4. The Labute approximate surface area is 381 Å². The topological polar surface area (TPSA) is 108 Å². The highest BCUT2D eigenvalue weighted by Crippen LogP contribution is 2.38. The molecule has 0 spiro atoms. The van der Waals surface area contributed by atoms with Gasteiger partial charge >= 0.3 is 0 Å². The minimum atomic E-state index is -4.63. The monoisotopic (exact) mass is 885 g/mol. The van der Waals surface area contributed by atoms with E-state index in [1.54, 1.807) is 6.08 Å². The second-order valence-corrected chi connectivity index (χ2v) is 18.8. The molecule has 0 saturated heterocycles. The Bertz CT molecular complexity index is 1330. The van der Waals surface area contributed by atoms with Crippen LogP contribution in [0.15, 0.2) is 97.2 Å². The van der Waals surface area contributed by atoms with Crippen molar-refractivity contribution >= 4 is 13.7 Å². The molecule has 3 atom stereocenters. The molecule has 0 aromatic carbocycles. The number of hydrogen-bond donors (Lipinski definition) is 2. The second-order valence-electron chi connectivity index (χ2n) is 17.4. The molecule has 2 N–H and O–H groups in total. The van der Waals surface area contributed by atoms with Crippen LogP contribution in [0.4, 0.5) is 0 Å². The van der Waals surface area contributed by atoms with Crippen molar-refractivity contribution in [2.24, 2.45) is 0 Å². The predicted octanol–water partition coefficient (Wildman–Crippen LogP) is 13.7. The van der Waals surface area contributed by atoms with Gasteiger partial charge in [0.1, 0.15) is 13.2 Å². The minimum absolute atomic E-state index is 0.0249. The van der Waals surface area contributed by atoms with Crippen LogP contribution < -0.4 is 10.2 Å². The molecule has 3 unspecified atom stereocenters. The number of amides is 1. The smallest absolute Gasteiger partial charge is 0.268 e. The van der Waals surface area contributed by atoms with E-state index >= 15 is 0 Å². The van der Waals surface area contributed by atoms with Gasteiger partial charge in [0.15, 0.2) is 0 Å². The van der Waals surface area contributed by atoms with Crippen LogP contribution in [0, 0.1) is 0 Å². The first kappa shape index (κ1) is 59.4. The number of quaternary nitrogens is 1. The molecule has 356 valence electrons.